The Balaban J connectivity index is 1.54. The first kappa shape index (κ1) is 20.7. The van der Waals surface area contributed by atoms with Crippen LogP contribution in [0.3, 0.4) is 0 Å². The molecule has 1 aliphatic heterocycles. The predicted molar refractivity (Wildman–Crippen MR) is 120 cm³/mol. The highest BCUT2D eigenvalue weighted by Gasteiger charge is 2.32. The van der Waals surface area contributed by atoms with Gasteiger partial charge in [0, 0.05) is 42.2 Å². The van der Waals surface area contributed by atoms with Gasteiger partial charge in [-0.3, -0.25) is 9.78 Å². The molecule has 1 amide bonds. The summed E-state index contributed by atoms with van der Waals surface area (Å²) in [5, 5.41) is 16.0. The molecule has 1 fully saturated rings. The van der Waals surface area contributed by atoms with Crippen molar-refractivity contribution in [3.63, 3.8) is 0 Å². The molecule has 0 spiro atoms. The van der Waals surface area contributed by atoms with Gasteiger partial charge < -0.3 is 21.1 Å². The molecular weight excluding hydrogens is 422 g/mol. The molecule has 0 unspecified atom stereocenters. The molecule has 0 aliphatic carbocycles. The van der Waals surface area contributed by atoms with Crippen LogP contribution in [0.2, 0.25) is 5.02 Å². The minimum atomic E-state index is -0.542. The summed E-state index contributed by atoms with van der Waals surface area (Å²) in [6.45, 7) is 3.09. The van der Waals surface area contributed by atoms with Crippen LogP contribution < -0.4 is 16.0 Å². The fourth-order valence-electron chi connectivity index (χ4n) is 3.59. The summed E-state index contributed by atoms with van der Waals surface area (Å²) in [6, 6.07) is 8.87. The summed E-state index contributed by atoms with van der Waals surface area (Å²) in [5.74, 6) is -0.310. The Hall–Kier alpha value is -2.52. The second-order valence-electron chi connectivity index (χ2n) is 7.40. The van der Waals surface area contributed by atoms with Crippen molar-refractivity contribution < 1.29 is 9.90 Å². The normalized spacial score (nSPS) is 21.5. The number of anilines is 2. The third-order valence-corrected chi connectivity index (χ3v) is 6.39. The Bertz CT molecular complexity index is 1050. The van der Waals surface area contributed by atoms with E-state index < -0.39 is 6.10 Å². The van der Waals surface area contributed by atoms with E-state index in [1.165, 1.54) is 11.3 Å². The van der Waals surface area contributed by atoms with E-state index in [0.717, 1.165) is 11.3 Å². The van der Waals surface area contributed by atoms with Crippen LogP contribution >= 0.6 is 22.9 Å². The number of halogens is 1. The van der Waals surface area contributed by atoms with Crippen molar-refractivity contribution in [2.75, 3.05) is 23.3 Å². The van der Waals surface area contributed by atoms with E-state index in [2.05, 4.69) is 20.2 Å². The van der Waals surface area contributed by atoms with E-state index in [1.807, 2.05) is 31.2 Å². The second-order valence-corrected chi connectivity index (χ2v) is 8.67. The standard InChI is InChI=1S/C21H22ClN5O2S/c1-12-9-27(10-15(23)19(12)28)18-6-7-24-8-16(18)25-20(29)17-11-30-21(26-17)13-4-2-3-5-14(13)22/h2-8,11-12,15,19,28H,9-10,23H2,1H3,(H,25,29)/t12-,15+,19+/m0/s1. The number of carbonyl (C=O) groups excluding carboxylic acids is 1. The molecule has 0 bridgehead atoms. The molecule has 156 valence electrons. The maximum absolute atomic E-state index is 12.8. The third kappa shape index (κ3) is 4.17. The molecule has 2 aromatic heterocycles. The molecule has 4 rings (SSSR count). The maximum atomic E-state index is 12.8. The number of amides is 1. The van der Waals surface area contributed by atoms with Gasteiger partial charge in [-0.25, -0.2) is 4.98 Å². The molecule has 3 aromatic rings. The Morgan fingerprint density at radius 1 is 1.33 bits per heavy atom. The summed E-state index contributed by atoms with van der Waals surface area (Å²) in [4.78, 5) is 23.5. The molecule has 0 radical (unpaired) electrons. The average molecular weight is 444 g/mol. The number of carbonyl (C=O) groups is 1. The van der Waals surface area contributed by atoms with E-state index >= 15 is 0 Å². The molecule has 3 heterocycles. The zero-order valence-electron chi connectivity index (χ0n) is 16.3. The zero-order valence-corrected chi connectivity index (χ0v) is 17.9. The minimum Gasteiger partial charge on any atom is -0.391 e. The van der Waals surface area contributed by atoms with Gasteiger partial charge in [0.2, 0.25) is 0 Å². The van der Waals surface area contributed by atoms with Crippen molar-refractivity contribution in [1.29, 1.82) is 0 Å². The van der Waals surface area contributed by atoms with Crippen molar-refractivity contribution in [2.24, 2.45) is 11.7 Å². The monoisotopic (exact) mass is 443 g/mol. The summed E-state index contributed by atoms with van der Waals surface area (Å²) in [7, 11) is 0. The summed E-state index contributed by atoms with van der Waals surface area (Å²) < 4.78 is 0. The Morgan fingerprint density at radius 3 is 2.90 bits per heavy atom. The topological polar surface area (TPSA) is 104 Å². The number of nitrogens with two attached hydrogens (primary N) is 1. The van der Waals surface area contributed by atoms with E-state index in [-0.39, 0.29) is 17.9 Å². The van der Waals surface area contributed by atoms with Gasteiger partial charge in [-0.05, 0) is 12.1 Å². The number of piperidine rings is 1. The van der Waals surface area contributed by atoms with E-state index in [9.17, 15) is 9.90 Å². The molecule has 4 N–H and O–H groups in total. The van der Waals surface area contributed by atoms with E-state index in [4.69, 9.17) is 17.3 Å². The lowest BCUT2D eigenvalue weighted by molar-refractivity contribution is 0.0785. The van der Waals surface area contributed by atoms with Crippen LogP contribution in [0, 0.1) is 5.92 Å². The van der Waals surface area contributed by atoms with Gasteiger partial charge in [0.05, 0.1) is 28.7 Å². The van der Waals surface area contributed by atoms with Crippen molar-refractivity contribution >= 4 is 40.2 Å². The largest absolute Gasteiger partial charge is 0.391 e. The number of nitrogens with one attached hydrogen (secondary N) is 1. The van der Waals surface area contributed by atoms with Crippen LogP contribution in [0.15, 0.2) is 48.1 Å². The number of rotatable bonds is 4. The smallest absolute Gasteiger partial charge is 0.275 e. The van der Waals surface area contributed by atoms with Gasteiger partial charge in [-0.15, -0.1) is 11.3 Å². The maximum Gasteiger partial charge on any atom is 0.275 e. The molecule has 7 nitrogen and oxygen atoms in total. The van der Waals surface area contributed by atoms with Crippen LogP contribution in [0.1, 0.15) is 17.4 Å². The number of benzene rings is 1. The van der Waals surface area contributed by atoms with Gasteiger partial charge in [-0.2, -0.15) is 0 Å². The first-order chi connectivity index (χ1) is 14.4. The lowest BCUT2D eigenvalue weighted by Crippen LogP contribution is -2.55. The molecule has 0 saturated carbocycles. The molecule has 30 heavy (non-hydrogen) atoms. The first-order valence-electron chi connectivity index (χ1n) is 9.58. The lowest BCUT2D eigenvalue weighted by Gasteiger charge is -2.40. The first-order valence-corrected chi connectivity index (χ1v) is 10.8. The van der Waals surface area contributed by atoms with Crippen molar-refractivity contribution in [1.82, 2.24) is 9.97 Å². The van der Waals surface area contributed by atoms with Crippen LogP contribution in [0.25, 0.3) is 10.6 Å². The van der Waals surface area contributed by atoms with Gasteiger partial charge >= 0.3 is 0 Å². The average Bonchev–Trinajstić information content (AvgIpc) is 3.22. The van der Waals surface area contributed by atoms with Gasteiger partial charge in [-0.1, -0.05) is 36.7 Å². The van der Waals surface area contributed by atoms with Gasteiger partial charge in [0.25, 0.3) is 5.91 Å². The Morgan fingerprint density at radius 2 is 2.13 bits per heavy atom. The van der Waals surface area contributed by atoms with Crippen LogP contribution in [0.5, 0.6) is 0 Å². The number of pyridine rings is 1. The number of thiazole rings is 1. The van der Waals surface area contributed by atoms with E-state index in [0.29, 0.717) is 34.5 Å². The summed E-state index contributed by atoms with van der Waals surface area (Å²) in [5.41, 5.74) is 8.58. The summed E-state index contributed by atoms with van der Waals surface area (Å²) in [6.07, 6.45) is 2.74. The van der Waals surface area contributed by atoms with Crippen LogP contribution in [-0.2, 0) is 0 Å². The second kappa shape index (κ2) is 8.69. The fraction of sp³-hybridized carbons (Fsp3) is 0.286. The fourth-order valence-corrected chi connectivity index (χ4v) is 4.71. The molecule has 1 saturated heterocycles. The minimum absolute atomic E-state index is 0.0159. The number of hydrogen-bond donors (Lipinski definition) is 3. The molecule has 1 aromatic carbocycles. The molecule has 3 atom stereocenters. The number of aliphatic hydroxyl groups excluding tert-OH is 1. The highest BCUT2D eigenvalue weighted by molar-refractivity contribution is 7.13. The number of nitrogens with zero attached hydrogens (tertiary/aromatic N) is 3. The number of hydrogen-bond acceptors (Lipinski definition) is 7. The zero-order chi connectivity index (χ0) is 21.3. The number of aliphatic hydroxyl groups is 1. The highest BCUT2D eigenvalue weighted by atomic mass is 35.5. The van der Waals surface area contributed by atoms with Crippen molar-refractivity contribution in [2.45, 2.75) is 19.1 Å². The van der Waals surface area contributed by atoms with Gasteiger partial charge in [0.15, 0.2) is 0 Å². The van der Waals surface area contributed by atoms with Crippen molar-refractivity contribution in [3.8, 4) is 10.6 Å². The van der Waals surface area contributed by atoms with Crippen LogP contribution in [-0.4, -0.2) is 46.2 Å². The van der Waals surface area contributed by atoms with Crippen LogP contribution in [0.4, 0.5) is 11.4 Å². The van der Waals surface area contributed by atoms with Crippen molar-refractivity contribution in [3.05, 3.63) is 58.8 Å². The lowest BCUT2D eigenvalue weighted by atomic mass is 9.92. The molecule has 9 heteroatoms. The SMILES string of the molecule is C[C@H]1CN(c2ccncc2NC(=O)c2csc(-c3ccccc3Cl)n2)C[C@@H](N)[C@@H]1O. The quantitative estimate of drug-likeness (QED) is 0.571. The number of aromatic nitrogens is 2. The predicted octanol–water partition coefficient (Wildman–Crippen LogP) is 3.26. The highest BCUT2D eigenvalue weighted by Crippen LogP contribution is 2.32. The molecular formula is C21H22ClN5O2S. The van der Waals surface area contributed by atoms with Gasteiger partial charge in [0.1, 0.15) is 10.7 Å². The molecule has 1 aliphatic rings. The van der Waals surface area contributed by atoms with E-state index in [1.54, 1.807) is 23.8 Å². The Labute approximate surface area is 183 Å². The summed E-state index contributed by atoms with van der Waals surface area (Å²) >= 11 is 7.60. The Kier molecular flexibility index (Phi) is 6.01. The third-order valence-electron chi connectivity index (χ3n) is 5.19.